The molecule has 1 aliphatic heterocycles. The van der Waals surface area contributed by atoms with E-state index in [4.69, 9.17) is 16.3 Å². The van der Waals surface area contributed by atoms with Gasteiger partial charge in [0.15, 0.2) is 6.10 Å². The van der Waals surface area contributed by atoms with E-state index >= 15 is 0 Å². The lowest BCUT2D eigenvalue weighted by molar-refractivity contribution is -0.163. The first-order chi connectivity index (χ1) is 13.0. The number of nitrogens with one attached hydrogen (secondary N) is 1. The van der Waals surface area contributed by atoms with Gasteiger partial charge in [0.2, 0.25) is 10.0 Å². The lowest BCUT2D eigenvalue weighted by Gasteiger charge is -2.40. The van der Waals surface area contributed by atoms with Crippen molar-refractivity contribution < 1.29 is 22.7 Å². The number of esters is 1. The van der Waals surface area contributed by atoms with E-state index < -0.39 is 28.1 Å². The summed E-state index contributed by atoms with van der Waals surface area (Å²) in [4.78, 5) is 26.7. The third-order valence-corrected chi connectivity index (χ3v) is 6.65. The molecule has 0 unspecified atom stereocenters. The van der Waals surface area contributed by atoms with Crippen LogP contribution in [0.15, 0.2) is 29.2 Å². The van der Waals surface area contributed by atoms with Crippen LogP contribution in [0.1, 0.15) is 47.0 Å². The lowest BCUT2D eigenvalue weighted by Crippen LogP contribution is -2.52. The van der Waals surface area contributed by atoms with Gasteiger partial charge in [0.05, 0.1) is 4.90 Å². The van der Waals surface area contributed by atoms with Gasteiger partial charge in [-0.25, -0.2) is 8.42 Å². The van der Waals surface area contributed by atoms with Gasteiger partial charge >= 0.3 is 5.97 Å². The number of likely N-dealkylation sites (tertiary alicyclic amines) is 1. The molecule has 28 heavy (non-hydrogen) atoms. The van der Waals surface area contributed by atoms with Crippen molar-refractivity contribution in [3.8, 4) is 0 Å². The van der Waals surface area contributed by atoms with E-state index in [1.807, 2.05) is 13.8 Å². The first kappa shape index (κ1) is 22.6. The molecule has 0 bridgehead atoms. The van der Waals surface area contributed by atoms with E-state index in [2.05, 4.69) is 4.72 Å². The highest BCUT2D eigenvalue weighted by Gasteiger charge is 2.34. The highest BCUT2D eigenvalue weighted by molar-refractivity contribution is 7.89. The maximum atomic E-state index is 12.7. The molecule has 7 nitrogen and oxygen atoms in total. The molecule has 1 fully saturated rings. The molecule has 1 aromatic carbocycles. The molecule has 1 aromatic rings. The van der Waals surface area contributed by atoms with Crippen molar-refractivity contribution in [2.24, 2.45) is 0 Å². The molecule has 1 N–H and O–H groups in total. The Kier molecular flexibility index (Phi) is 7.47. The first-order valence-electron chi connectivity index (χ1n) is 9.33. The lowest BCUT2D eigenvalue weighted by atomic mass is 9.97. The molecular weight excluding hydrogens is 404 g/mol. The van der Waals surface area contributed by atoms with Crippen LogP contribution in [0.25, 0.3) is 0 Å². The molecule has 1 saturated heterocycles. The van der Waals surface area contributed by atoms with Crippen molar-refractivity contribution in [1.82, 2.24) is 9.62 Å². The number of nitrogens with zero attached hydrogens (tertiary/aromatic N) is 1. The maximum absolute atomic E-state index is 12.7. The van der Waals surface area contributed by atoms with Gasteiger partial charge in [0, 0.05) is 17.1 Å². The second-order valence-corrected chi connectivity index (χ2v) is 9.40. The third-order valence-electron chi connectivity index (χ3n) is 4.88. The predicted octanol–water partition coefficient (Wildman–Crippen LogP) is 2.73. The minimum Gasteiger partial charge on any atom is -0.451 e. The van der Waals surface area contributed by atoms with Crippen molar-refractivity contribution in [2.45, 2.75) is 76.1 Å². The molecule has 2 rings (SSSR count). The summed E-state index contributed by atoms with van der Waals surface area (Å²) in [5.74, 6) is -1.08. The Morgan fingerprint density at radius 3 is 2.39 bits per heavy atom. The monoisotopic (exact) mass is 430 g/mol. The fraction of sp³-hybridized carbons (Fsp3) is 0.579. The fourth-order valence-corrected chi connectivity index (χ4v) is 4.87. The number of benzene rings is 1. The molecule has 9 heteroatoms. The van der Waals surface area contributed by atoms with Gasteiger partial charge in [0.25, 0.3) is 5.91 Å². The zero-order valence-electron chi connectivity index (χ0n) is 16.5. The average molecular weight is 431 g/mol. The van der Waals surface area contributed by atoms with E-state index in [0.717, 1.165) is 19.3 Å². The van der Waals surface area contributed by atoms with Crippen LogP contribution in [0.2, 0.25) is 5.02 Å². The summed E-state index contributed by atoms with van der Waals surface area (Å²) in [6, 6.07) is 4.71. The van der Waals surface area contributed by atoms with Gasteiger partial charge in [-0.3, -0.25) is 9.59 Å². The number of piperidine rings is 1. The Morgan fingerprint density at radius 2 is 1.82 bits per heavy atom. The van der Waals surface area contributed by atoms with Crippen LogP contribution >= 0.6 is 11.6 Å². The minimum atomic E-state index is -3.95. The van der Waals surface area contributed by atoms with Crippen molar-refractivity contribution in [2.75, 3.05) is 0 Å². The Bertz CT molecular complexity index is 819. The van der Waals surface area contributed by atoms with E-state index in [-0.39, 0.29) is 27.9 Å². The predicted molar refractivity (Wildman–Crippen MR) is 106 cm³/mol. The Morgan fingerprint density at radius 1 is 1.21 bits per heavy atom. The number of ether oxygens (including phenoxy) is 1. The summed E-state index contributed by atoms with van der Waals surface area (Å²) in [6.45, 7) is 6.83. The molecule has 4 atom stereocenters. The molecule has 0 aliphatic carbocycles. The molecule has 0 saturated carbocycles. The summed E-state index contributed by atoms with van der Waals surface area (Å²) in [5, 5.41) is 0.266. The van der Waals surface area contributed by atoms with Gasteiger partial charge in [-0.1, -0.05) is 17.7 Å². The zero-order valence-corrected chi connectivity index (χ0v) is 18.1. The van der Waals surface area contributed by atoms with Crippen molar-refractivity contribution in [1.29, 1.82) is 0 Å². The van der Waals surface area contributed by atoms with Crippen LogP contribution in [-0.4, -0.2) is 49.4 Å². The highest BCUT2D eigenvalue weighted by Crippen LogP contribution is 2.24. The van der Waals surface area contributed by atoms with Crippen LogP contribution < -0.4 is 4.72 Å². The smallest absolute Gasteiger partial charge is 0.324 e. The summed E-state index contributed by atoms with van der Waals surface area (Å²) in [5.41, 5.74) is 0. The van der Waals surface area contributed by atoms with E-state index in [1.54, 1.807) is 11.0 Å². The molecule has 1 heterocycles. The number of sulfonamides is 1. The number of carbonyl (C=O) groups excluding carboxylic acids is 2. The van der Waals surface area contributed by atoms with Gasteiger partial charge in [0.1, 0.15) is 6.04 Å². The van der Waals surface area contributed by atoms with Crippen molar-refractivity contribution in [3.05, 3.63) is 29.3 Å². The highest BCUT2D eigenvalue weighted by atomic mass is 35.5. The average Bonchev–Trinajstić information content (AvgIpc) is 2.61. The van der Waals surface area contributed by atoms with Crippen LogP contribution in [0.5, 0.6) is 0 Å². The molecule has 0 aromatic heterocycles. The summed E-state index contributed by atoms with van der Waals surface area (Å²) in [7, 11) is -3.95. The summed E-state index contributed by atoms with van der Waals surface area (Å²) < 4.78 is 32.3. The van der Waals surface area contributed by atoms with Crippen LogP contribution in [0, 0.1) is 0 Å². The second-order valence-electron chi connectivity index (χ2n) is 7.25. The SMILES string of the molecule is C[C@H](NS(=O)(=O)c1cccc(Cl)c1)C(=O)O[C@H](C)C(=O)N1[C@H](C)CCC[C@H]1C. The molecule has 1 aliphatic rings. The molecular formula is C19H27ClN2O5S. The second kappa shape index (κ2) is 9.24. The van der Waals surface area contributed by atoms with E-state index in [1.165, 1.54) is 32.0 Å². The Hall–Kier alpha value is -1.64. The fourth-order valence-electron chi connectivity index (χ4n) is 3.38. The summed E-state index contributed by atoms with van der Waals surface area (Å²) >= 11 is 5.83. The third kappa shape index (κ3) is 5.46. The van der Waals surface area contributed by atoms with Gasteiger partial charge in [-0.15, -0.1) is 0 Å². The van der Waals surface area contributed by atoms with Gasteiger partial charge in [-0.05, 0) is 65.2 Å². The largest absolute Gasteiger partial charge is 0.451 e. The number of rotatable bonds is 6. The minimum absolute atomic E-state index is 0.0558. The maximum Gasteiger partial charge on any atom is 0.324 e. The van der Waals surface area contributed by atoms with Crippen LogP contribution in [-0.2, 0) is 24.3 Å². The number of carbonyl (C=O) groups is 2. The molecule has 0 radical (unpaired) electrons. The number of hydrogen-bond donors (Lipinski definition) is 1. The number of hydrogen-bond acceptors (Lipinski definition) is 5. The van der Waals surface area contributed by atoms with E-state index in [9.17, 15) is 18.0 Å². The first-order valence-corrected chi connectivity index (χ1v) is 11.2. The van der Waals surface area contributed by atoms with Crippen molar-refractivity contribution in [3.63, 3.8) is 0 Å². The number of halogens is 1. The van der Waals surface area contributed by atoms with Crippen molar-refractivity contribution >= 4 is 33.5 Å². The van der Waals surface area contributed by atoms with Gasteiger partial charge < -0.3 is 9.64 Å². The topological polar surface area (TPSA) is 92.8 Å². The summed E-state index contributed by atoms with van der Waals surface area (Å²) in [6.07, 6.45) is 1.88. The van der Waals surface area contributed by atoms with Crippen LogP contribution in [0.4, 0.5) is 0 Å². The number of amides is 1. The quantitative estimate of drug-likeness (QED) is 0.700. The molecule has 0 spiro atoms. The normalized spacial score (nSPS) is 22.4. The zero-order chi connectivity index (χ0) is 21.1. The van der Waals surface area contributed by atoms with Crippen LogP contribution in [0.3, 0.4) is 0 Å². The van der Waals surface area contributed by atoms with E-state index in [0.29, 0.717) is 0 Å². The Labute approximate surface area is 171 Å². The van der Waals surface area contributed by atoms with Gasteiger partial charge in [-0.2, -0.15) is 4.72 Å². The molecule has 1 amide bonds. The molecule has 156 valence electrons. The standard InChI is InChI=1S/C19H27ClN2O5S/c1-12-7-5-8-13(2)22(12)18(23)15(4)27-19(24)14(3)21-28(25,26)17-10-6-9-16(20)11-17/h6,9-15,21H,5,7-8H2,1-4H3/t12-,13-,14+,15-/m1/s1. The Balaban J connectivity index is 2.00.